The molecule has 126 valence electrons. The highest BCUT2D eigenvalue weighted by Crippen LogP contribution is 2.31. The van der Waals surface area contributed by atoms with Crippen LogP contribution < -0.4 is 4.90 Å². The summed E-state index contributed by atoms with van der Waals surface area (Å²) in [6.45, 7) is 4.52. The monoisotopic (exact) mass is 357 g/mol. The van der Waals surface area contributed by atoms with Crippen LogP contribution >= 0.6 is 23.1 Å². The Bertz CT molecular complexity index is 807. The van der Waals surface area contributed by atoms with Crippen molar-refractivity contribution in [1.82, 2.24) is 9.97 Å². The molecule has 24 heavy (non-hydrogen) atoms. The minimum Gasteiger partial charge on any atom is -0.378 e. The lowest BCUT2D eigenvalue weighted by Crippen LogP contribution is -2.07. The lowest BCUT2D eigenvalue weighted by molar-refractivity contribution is 0.632. The maximum atomic E-state index is 4.77. The number of anilines is 1. The van der Waals surface area contributed by atoms with Crippen molar-refractivity contribution in [2.24, 2.45) is 5.92 Å². The van der Waals surface area contributed by atoms with Gasteiger partial charge in [0.15, 0.2) is 0 Å². The Kier molecular flexibility index (Phi) is 5.41. The zero-order chi connectivity index (χ0) is 17.1. The van der Waals surface area contributed by atoms with E-state index in [0.29, 0.717) is 0 Å². The zero-order valence-corrected chi connectivity index (χ0v) is 16.2. The molecule has 1 aromatic carbocycles. The number of hydrogen-bond acceptors (Lipinski definition) is 5. The van der Waals surface area contributed by atoms with Crippen molar-refractivity contribution in [2.75, 3.05) is 24.7 Å². The van der Waals surface area contributed by atoms with Crippen molar-refractivity contribution in [1.29, 1.82) is 0 Å². The lowest BCUT2D eigenvalue weighted by atomic mass is 10.2. The van der Waals surface area contributed by atoms with Crippen LogP contribution in [0.5, 0.6) is 0 Å². The summed E-state index contributed by atoms with van der Waals surface area (Å²) in [5.41, 5.74) is 3.33. The smallest absolute Gasteiger partial charge is 0.145 e. The van der Waals surface area contributed by atoms with E-state index in [9.17, 15) is 0 Å². The van der Waals surface area contributed by atoms with Crippen LogP contribution in [0.25, 0.3) is 20.9 Å². The Morgan fingerprint density at radius 3 is 2.46 bits per heavy atom. The van der Waals surface area contributed by atoms with E-state index in [2.05, 4.69) is 69.2 Å². The van der Waals surface area contributed by atoms with Crippen molar-refractivity contribution < 1.29 is 0 Å². The quantitative estimate of drug-likeness (QED) is 0.540. The molecule has 0 amide bonds. The minimum atomic E-state index is 0.737. The molecule has 0 radical (unpaired) electrons. The lowest BCUT2D eigenvalue weighted by Gasteiger charge is -2.11. The molecule has 0 unspecified atom stereocenters. The summed E-state index contributed by atoms with van der Waals surface area (Å²) in [4.78, 5) is 12.6. The summed E-state index contributed by atoms with van der Waals surface area (Å²) in [5.74, 6) is 1.86. The number of fused-ring (bicyclic) bond motifs is 1. The first-order chi connectivity index (χ1) is 11.5. The van der Waals surface area contributed by atoms with E-state index in [1.807, 2.05) is 11.8 Å². The predicted octanol–water partition coefficient (Wildman–Crippen LogP) is 5.56. The summed E-state index contributed by atoms with van der Waals surface area (Å²) < 4.78 is 0. The number of nitrogens with zero attached hydrogens (tertiary/aromatic N) is 3. The number of rotatable bonds is 6. The number of hydrogen-bond donors (Lipinski definition) is 0. The summed E-state index contributed by atoms with van der Waals surface area (Å²) in [6, 6.07) is 12.7. The highest BCUT2D eigenvalue weighted by molar-refractivity contribution is 7.99. The number of benzene rings is 1. The van der Waals surface area contributed by atoms with Crippen LogP contribution in [0, 0.1) is 5.92 Å². The molecule has 5 heteroatoms. The van der Waals surface area contributed by atoms with Crippen LogP contribution in [0.15, 0.2) is 41.4 Å². The molecule has 0 aliphatic rings. The maximum Gasteiger partial charge on any atom is 0.145 e. The van der Waals surface area contributed by atoms with Gasteiger partial charge in [-0.15, -0.1) is 11.8 Å². The molecule has 0 saturated heterocycles. The summed E-state index contributed by atoms with van der Waals surface area (Å²) >= 11 is 3.51. The van der Waals surface area contributed by atoms with Crippen molar-refractivity contribution >= 4 is 39.1 Å². The van der Waals surface area contributed by atoms with Crippen molar-refractivity contribution in [3.63, 3.8) is 0 Å². The molecule has 3 aromatic rings. The second kappa shape index (κ2) is 7.53. The topological polar surface area (TPSA) is 29.0 Å². The van der Waals surface area contributed by atoms with Crippen LogP contribution in [-0.4, -0.2) is 29.8 Å². The molecule has 0 atom stereocenters. The van der Waals surface area contributed by atoms with Gasteiger partial charge in [0.1, 0.15) is 15.4 Å². The molecule has 3 rings (SSSR count). The highest BCUT2D eigenvalue weighted by atomic mass is 32.2. The Morgan fingerprint density at radius 1 is 1.04 bits per heavy atom. The van der Waals surface area contributed by atoms with E-state index in [1.54, 1.807) is 11.3 Å². The van der Waals surface area contributed by atoms with E-state index < -0.39 is 0 Å². The first-order valence-electron chi connectivity index (χ1n) is 8.21. The first kappa shape index (κ1) is 17.2. The number of pyridine rings is 1. The third kappa shape index (κ3) is 4.08. The van der Waals surface area contributed by atoms with Crippen LogP contribution in [-0.2, 0) is 0 Å². The molecule has 0 aliphatic carbocycles. The van der Waals surface area contributed by atoms with E-state index >= 15 is 0 Å². The fraction of sp³-hybridized carbons (Fsp3) is 0.368. The van der Waals surface area contributed by atoms with Crippen LogP contribution in [0.2, 0.25) is 0 Å². The van der Waals surface area contributed by atoms with Crippen LogP contribution in [0.1, 0.15) is 20.3 Å². The summed E-state index contributed by atoms with van der Waals surface area (Å²) in [6.07, 6.45) is 1.22. The van der Waals surface area contributed by atoms with Gasteiger partial charge < -0.3 is 4.90 Å². The third-order valence-electron chi connectivity index (χ3n) is 3.81. The average molecular weight is 358 g/mol. The Labute approximate surface area is 152 Å². The molecule has 2 heterocycles. The SMILES string of the molecule is CC(C)CCSc1ccc2nc(-c3ccc(N(C)C)cc3)sc2n1. The van der Waals surface area contributed by atoms with E-state index in [-0.39, 0.29) is 0 Å². The van der Waals surface area contributed by atoms with Gasteiger partial charge in [-0.3, -0.25) is 0 Å². The Morgan fingerprint density at radius 2 is 1.79 bits per heavy atom. The van der Waals surface area contributed by atoms with Gasteiger partial charge in [-0.25, -0.2) is 9.97 Å². The molecule has 0 spiro atoms. The van der Waals surface area contributed by atoms with Crippen molar-refractivity contribution in [3.05, 3.63) is 36.4 Å². The third-order valence-corrected chi connectivity index (χ3v) is 5.78. The van der Waals surface area contributed by atoms with Crippen molar-refractivity contribution in [2.45, 2.75) is 25.3 Å². The maximum absolute atomic E-state index is 4.77. The second-order valence-electron chi connectivity index (χ2n) is 6.47. The van der Waals surface area contributed by atoms with E-state index in [4.69, 9.17) is 9.97 Å². The van der Waals surface area contributed by atoms with Crippen molar-refractivity contribution in [3.8, 4) is 10.6 Å². The summed E-state index contributed by atoms with van der Waals surface area (Å²) in [7, 11) is 4.10. The van der Waals surface area contributed by atoms with Crippen LogP contribution in [0.3, 0.4) is 0 Å². The number of thioether (sulfide) groups is 1. The standard InChI is InChI=1S/C19H23N3S2/c1-13(2)11-12-23-17-10-9-16-19(21-17)24-18(20-16)14-5-7-15(8-6-14)22(3)4/h5-10,13H,11-12H2,1-4H3. The largest absolute Gasteiger partial charge is 0.378 e. The molecule has 0 fully saturated rings. The fourth-order valence-corrected chi connectivity index (χ4v) is 4.42. The number of thiazole rings is 1. The van der Waals surface area contributed by atoms with Gasteiger partial charge >= 0.3 is 0 Å². The number of aromatic nitrogens is 2. The normalized spacial score (nSPS) is 11.4. The molecule has 2 aromatic heterocycles. The predicted molar refractivity (Wildman–Crippen MR) is 107 cm³/mol. The molecule has 0 N–H and O–H groups in total. The van der Waals surface area contributed by atoms with Gasteiger partial charge in [-0.1, -0.05) is 25.2 Å². The molecule has 0 bridgehead atoms. The van der Waals surface area contributed by atoms with Gasteiger partial charge in [-0.05, 0) is 54.5 Å². The highest BCUT2D eigenvalue weighted by Gasteiger charge is 2.09. The van der Waals surface area contributed by atoms with Crippen LogP contribution in [0.4, 0.5) is 5.69 Å². The first-order valence-corrected chi connectivity index (χ1v) is 10.0. The van der Waals surface area contributed by atoms with Gasteiger partial charge in [-0.2, -0.15) is 0 Å². The van der Waals surface area contributed by atoms with Gasteiger partial charge in [0.25, 0.3) is 0 Å². The minimum absolute atomic E-state index is 0.737. The molecule has 3 nitrogen and oxygen atoms in total. The molecular formula is C19H23N3S2. The fourth-order valence-electron chi connectivity index (χ4n) is 2.31. The molecule has 0 aliphatic heterocycles. The average Bonchev–Trinajstić information content (AvgIpc) is 2.98. The van der Waals surface area contributed by atoms with E-state index in [1.165, 1.54) is 12.1 Å². The van der Waals surface area contributed by atoms with Gasteiger partial charge in [0.2, 0.25) is 0 Å². The van der Waals surface area contributed by atoms with E-state index in [0.717, 1.165) is 37.6 Å². The molecular weight excluding hydrogens is 334 g/mol. The molecule has 0 saturated carbocycles. The Balaban J connectivity index is 1.80. The summed E-state index contributed by atoms with van der Waals surface area (Å²) in [5, 5.41) is 2.13. The Hall–Kier alpha value is -1.59. The second-order valence-corrected chi connectivity index (χ2v) is 8.56. The van der Waals surface area contributed by atoms with Gasteiger partial charge in [0.05, 0.1) is 5.03 Å². The van der Waals surface area contributed by atoms with Gasteiger partial charge in [0, 0.05) is 25.3 Å². The zero-order valence-electron chi connectivity index (χ0n) is 14.6.